The molecule has 2 aliphatic rings. The zero-order valence-corrected chi connectivity index (χ0v) is 15.9. The third-order valence-electron chi connectivity index (χ3n) is 5.24. The molecule has 0 aromatic heterocycles. The maximum absolute atomic E-state index is 12.2. The monoisotopic (exact) mass is 376 g/mol. The smallest absolute Gasteiger partial charge is 0.338 e. The van der Waals surface area contributed by atoms with Crippen molar-refractivity contribution in [3.8, 4) is 0 Å². The SMILES string of the molecule is C[C@@H]1[C@@H](C)CCC[C@H]1NC(=O)COC(=O)c1ccc2c(c1)NC(=O)CS2. The predicted molar refractivity (Wildman–Crippen MR) is 100 cm³/mol. The molecule has 2 N–H and O–H groups in total. The molecule has 1 aliphatic carbocycles. The molecule has 0 unspecified atom stereocenters. The van der Waals surface area contributed by atoms with Gasteiger partial charge in [0.15, 0.2) is 6.61 Å². The van der Waals surface area contributed by atoms with Gasteiger partial charge in [-0.25, -0.2) is 4.79 Å². The average Bonchev–Trinajstić information content (AvgIpc) is 2.63. The number of hydrogen-bond acceptors (Lipinski definition) is 5. The van der Waals surface area contributed by atoms with Crippen LogP contribution in [0.5, 0.6) is 0 Å². The fourth-order valence-electron chi connectivity index (χ4n) is 3.46. The van der Waals surface area contributed by atoms with Crippen molar-refractivity contribution in [2.75, 3.05) is 17.7 Å². The largest absolute Gasteiger partial charge is 0.452 e. The number of fused-ring (bicyclic) bond motifs is 1. The summed E-state index contributed by atoms with van der Waals surface area (Å²) < 4.78 is 5.14. The zero-order chi connectivity index (χ0) is 18.7. The second-order valence-corrected chi connectivity index (χ2v) is 8.08. The van der Waals surface area contributed by atoms with E-state index in [1.54, 1.807) is 18.2 Å². The van der Waals surface area contributed by atoms with Gasteiger partial charge in [-0.3, -0.25) is 9.59 Å². The number of ether oxygens (including phenoxy) is 1. The Morgan fingerprint density at radius 2 is 2.12 bits per heavy atom. The molecular weight excluding hydrogens is 352 g/mol. The van der Waals surface area contributed by atoms with Crippen molar-refractivity contribution in [2.24, 2.45) is 11.8 Å². The molecule has 3 rings (SSSR count). The van der Waals surface area contributed by atoms with Gasteiger partial charge >= 0.3 is 5.97 Å². The molecule has 1 aromatic rings. The van der Waals surface area contributed by atoms with Crippen LogP contribution in [0.2, 0.25) is 0 Å². The van der Waals surface area contributed by atoms with E-state index in [2.05, 4.69) is 24.5 Å². The first-order valence-electron chi connectivity index (χ1n) is 8.97. The summed E-state index contributed by atoms with van der Waals surface area (Å²) in [7, 11) is 0. The van der Waals surface area contributed by atoms with Crippen LogP contribution in [0.25, 0.3) is 0 Å². The van der Waals surface area contributed by atoms with Gasteiger partial charge in [0.2, 0.25) is 5.91 Å². The van der Waals surface area contributed by atoms with E-state index in [-0.39, 0.29) is 24.5 Å². The van der Waals surface area contributed by atoms with Crippen LogP contribution in [-0.2, 0) is 14.3 Å². The lowest BCUT2D eigenvalue weighted by Gasteiger charge is -2.34. The number of hydrogen-bond donors (Lipinski definition) is 2. The fourth-order valence-corrected chi connectivity index (χ4v) is 4.25. The number of benzene rings is 1. The third-order valence-corrected chi connectivity index (χ3v) is 6.31. The van der Waals surface area contributed by atoms with E-state index in [0.29, 0.717) is 28.8 Å². The van der Waals surface area contributed by atoms with Gasteiger partial charge in [-0.05, 0) is 36.5 Å². The Morgan fingerprint density at radius 1 is 1.31 bits per heavy atom. The van der Waals surface area contributed by atoms with Crippen molar-refractivity contribution < 1.29 is 19.1 Å². The summed E-state index contributed by atoms with van der Waals surface area (Å²) in [6, 6.07) is 5.15. The zero-order valence-electron chi connectivity index (χ0n) is 15.0. The molecule has 0 bridgehead atoms. The van der Waals surface area contributed by atoms with Crippen LogP contribution in [-0.4, -0.2) is 36.2 Å². The molecule has 7 heteroatoms. The average molecular weight is 376 g/mol. The number of anilines is 1. The summed E-state index contributed by atoms with van der Waals surface area (Å²) in [5.41, 5.74) is 0.925. The lowest BCUT2D eigenvalue weighted by Crippen LogP contribution is -2.45. The number of carbonyl (C=O) groups is 3. The van der Waals surface area contributed by atoms with Crippen LogP contribution in [0.1, 0.15) is 43.5 Å². The lowest BCUT2D eigenvalue weighted by molar-refractivity contribution is -0.125. The van der Waals surface area contributed by atoms with Gasteiger partial charge in [-0.15, -0.1) is 11.8 Å². The molecule has 1 fully saturated rings. The summed E-state index contributed by atoms with van der Waals surface area (Å²) in [5, 5.41) is 5.72. The summed E-state index contributed by atoms with van der Waals surface area (Å²) in [6.45, 7) is 4.06. The third kappa shape index (κ3) is 4.38. The van der Waals surface area contributed by atoms with E-state index < -0.39 is 5.97 Å². The molecule has 1 aliphatic heterocycles. The van der Waals surface area contributed by atoms with Crippen LogP contribution >= 0.6 is 11.8 Å². The van der Waals surface area contributed by atoms with E-state index in [1.165, 1.54) is 18.2 Å². The highest BCUT2D eigenvalue weighted by Crippen LogP contribution is 2.32. The van der Waals surface area contributed by atoms with Gasteiger partial charge in [0.05, 0.1) is 17.0 Å². The highest BCUT2D eigenvalue weighted by molar-refractivity contribution is 8.00. The number of esters is 1. The molecule has 0 spiro atoms. The minimum absolute atomic E-state index is 0.0942. The number of nitrogens with one attached hydrogen (secondary N) is 2. The summed E-state index contributed by atoms with van der Waals surface area (Å²) in [4.78, 5) is 36.7. The first-order chi connectivity index (χ1) is 12.4. The number of carbonyl (C=O) groups excluding carboxylic acids is 3. The maximum Gasteiger partial charge on any atom is 0.338 e. The molecule has 6 nitrogen and oxygen atoms in total. The van der Waals surface area contributed by atoms with Gasteiger partial charge < -0.3 is 15.4 Å². The van der Waals surface area contributed by atoms with E-state index in [1.807, 2.05) is 0 Å². The fraction of sp³-hybridized carbons (Fsp3) is 0.526. The van der Waals surface area contributed by atoms with E-state index in [9.17, 15) is 14.4 Å². The standard InChI is InChI=1S/C19H24N2O4S/c1-11-4-3-5-14(12(11)2)20-17(22)9-25-19(24)13-6-7-16-15(8-13)21-18(23)10-26-16/h6-8,11-12,14H,3-5,9-10H2,1-2H3,(H,20,22)(H,21,23)/t11-,12+,14+/m0/s1. The Hall–Kier alpha value is -2.02. The molecule has 1 saturated carbocycles. The molecule has 3 atom stereocenters. The van der Waals surface area contributed by atoms with E-state index in [0.717, 1.165) is 17.7 Å². The lowest BCUT2D eigenvalue weighted by atomic mass is 9.78. The van der Waals surface area contributed by atoms with Gasteiger partial charge in [-0.2, -0.15) is 0 Å². The van der Waals surface area contributed by atoms with Crippen molar-refractivity contribution in [3.05, 3.63) is 23.8 Å². The minimum Gasteiger partial charge on any atom is -0.452 e. The first kappa shape index (κ1) is 18.8. The molecule has 140 valence electrons. The van der Waals surface area contributed by atoms with Crippen LogP contribution in [0, 0.1) is 11.8 Å². The number of amides is 2. The molecule has 26 heavy (non-hydrogen) atoms. The minimum atomic E-state index is -0.571. The van der Waals surface area contributed by atoms with Crippen LogP contribution in [0.4, 0.5) is 5.69 Å². The Labute approximate surface area is 157 Å². The molecule has 0 radical (unpaired) electrons. The topological polar surface area (TPSA) is 84.5 Å². The number of thioether (sulfide) groups is 1. The summed E-state index contributed by atoms with van der Waals surface area (Å²) in [5.74, 6) is 0.437. The van der Waals surface area contributed by atoms with Gasteiger partial charge in [-0.1, -0.05) is 26.7 Å². The predicted octanol–water partition coefficient (Wildman–Crippen LogP) is 2.83. The Morgan fingerprint density at radius 3 is 2.92 bits per heavy atom. The molecule has 1 heterocycles. The van der Waals surface area contributed by atoms with Crippen LogP contribution in [0.15, 0.2) is 23.1 Å². The highest BCUT2D eigenvalue weighted by atomic mass is 32.2. The van der Waals surface area contributed by atoms with Gasteiger partial charge in [0.1, 0.15) is 0 Å². The van der Waals surface area contributed by atoms with Crippen molar-refractivity contribution >= 4 is 35.2 Å². The highest BCUT2D eigenvalue weighted by Gasteiger charge is 2.28. The summed E-state index contributed by atoms with van der Waals surface area (Å²) in [6.07, 6.45) is 3.26. The van der Waals surface area contributed by atoms with Crippen molar-refractivity contribution in [2.45, 2.75) is 44.0 Å². The Kier molecular flexibility index (Phi) is 5.86. The van der Waals surface area contributed by atoms with Crippen molar-refractivity contribution in [1.29, 1.82) is 0 Å². The second-order valence-electron chi connectivity index (χ2n) is 7.07. The number of rotatable bonds is 4. The van der Waals surface area contributed by atoms with Crippen molar-refractivity contribution in [1.82, 2.24) is 5.32 Å². The quantitative estimate of drug-likeness (QED) is 0.790. The van der Waals surface area contributed by atoms with Gasteiger partial charge in [0, 0.05) is 10.9 Å². The maximum atomic E-state index is 12.2. The van der Waals surface area contributed by atoms with Crippen LogP contribution in [0.3, 0.4) is 0 Å². The van der Waals surface area contributed by atoms with Crippen molar-refractivity contribution in [3.63, 3.8) is 0 Å². The van der Waals surface area contributed by atoms with E-state index >= 15 is 0 Å². The molecular formula is C19H24N2O4S. The Balaban J connectivity index is 1.53. The van der Waals surface area contributed by atoms with E-state index in [4.69, 9.17) is 4.74 Å². The molecule has 1 aromatic carbocycles. The normalized spacial score (nSPS) is 25.0. The van der Waals surface area contributed by atoms with Gasteiger partial charge in [0.25, 0.3) is 5.91 Å². The second kappa shape index (κ2) is 8.12. The Bertz CT molecular complexity index is 721. The van der Waals surface area contributed by atoms with Crippen LogP contribution < -0.4 is 10.6 Å². The summed E-state index contributed by atoms with van der Waals surface area (Å²) >= 11 is 1.43. The molecule has 2 amide bonds. The first-order valence-corrected chi connectivity index (χ1v) is 9.96. The molecule has 0 saturated heterocycles.